The number of amides is 1. The van der Waals surface area contributed by atoms with E-state index in [1.54, 1.807) is 29.3 Å². The van der Waals surface area contributed by atoms with Gasteiger partial charge in [0.05, 0.1) is 18.9 Å². The number of nitrogens with zero attached hydrogens (tertiary/aromatic N) is 8. The summed E-state index contributed by atoms with van der Waals surface area (Å²) < 4.78 is 13.5. The quantitative estimate of drug-likeness (QED) is 0.511. The van der Waals surface area contributed by atoms with Crippen molar-refractivity contribution in [3.63, 3.8) is 0 Å². The molecule has 0 unspecified atom stereocenters. The van der Waals surface area contributed by atoms with Gasteiger partial charge >= 0.3 is 0 Å². The Labute approximate surface area is 208 Å². The van der Waals surface area contributed by atoms with Crippen LogP contribution in [0.4, 0.5) is 11.9 Å². The molecule has 1 saturated heterocycles. The van der Waals surface area contributed by atoms with Crippen molar-refractivity contribution < 1.29 is 14.3 Å². The fraction of sp³-hybridized carbons (Fsp3) is 0.500. The predicted octanol–water partition coefficient (Wildman–Crippen LogP) is 1.11. The predicted molar refractivity (Wildman–Crippen MR) is 130 cm³/mol. The molecular formula is C24H29N9O3. The normalized spacial score (nSPS) is 22.5. The number of morpholine rings is 1. The molecular weight excluding hydrogens is 462 g/mol. The monoisotopic (exact) mass is 491 g/mol. The Morgan fingerprint density at radius 1 is 1.19 bits per heavy atom. The van der Waals surface area contributed by atoms with Crippen molar-refractivity contribution in [1.82, 2.24) is 34.6 Å². The maximum absolute atomic E-state index is 13.2. The van der Waals surface area contributed by atoms with E-state index in [2.05, 4.69) is 25.0 Å². The first kappa shape index (κ1) is 22.7. The van der Waals surface area contributed by atoms with Crippen LogP contribution in [0.1, 0.15) is 25.7 Å². The van der Waals surface area contributed by atoms with E-state index in [9.17, 15) is 4.79 Å². The molecule has 12 nitrogen and oxygen atoms in total. The zero-order chi connectivity index (χ0) is 24.7. The first-order chi connectivity index (χ1) is 17.5. The third-order valence-electron chi connectivity index (χ3n) is 7.24. The number of anilines is 2. The second-order valence-corrected chi connectivity index (χ2v) is 9.58. The Bertz CT molecular complexity index is 1220. The van der Waals surface area contributed by atoms with Gasteiger partial charge in [-0.1, -0.05) is 0 Å². The Hall–Kier alpha value is -3.80. The van der Waals surface area contributed by atoms with Gasteiger partial charge in [-0.3, -0.25) is 9.48 Å². The van der Waals surface area contributed by atoms with Crippen molar-refractivity contribution in [3.05, 3.63) is 36.9 Å². The van der Waals surface area contributed by atoms with Crippen LogP contribution in [0, 0.1) is 0 Å². The van der Waals surface area contributed by atoms with Crippen molar-refractivity contribution in [3.8, 4) is 17.1 Å². The fourth-order valence-corrected chi connectivity index (χ4v) is 4.79. The minimum Gasteiger partial charge on any atom is -0.474 e. The molecule has 1 amide bonds. The van der Waals surface area contributed by atoms with Crippen molar-refractivity contribution in [2.75, 3.05) is 44.0 Å². The van der Waals surface area contributed by atoms with Crippen molar-refractivity contribution in [2.24, 2.45) is 0 Å². The fourth-order valence-electron chi connectivity index (χ4n) is 4.79. The van der Waals surface area contributed by atoms with Crippen LogP contribution in [0.15, 0.2) is 36.9 Å². The molecule has 4 heterocycles. The molecule has 0 aromatic carbocycles. The Morgan fingerprint density at radius 3 is 2.61 bits per heavy atom. The molecule has 0 atom stereocenters. The Morgan fingerprint density at radius 2 is 1.94 bits per heavy atom. The molecule has 0 bridgehead atoms. The number of carbonyl (C=O) groups excluding carboxylic acids is 1. The molecule has 1 aliphatic heterocycles. The molecule has 12 heteroatoms. The summed E-state index contributed by atoms with van der Waals surface area (Å²) >= 11 is 0. The summed E-state index contributed by atoms with van der Waals surface area (Å²) in [7, 11) is 1.88. The summed E-state index contributed by atoms with van der Waals surface area (Å²) in [6.45, 7) is 2.66. The molecule has 2 saturated carbocycles. The summed E-state index contributed by atoms with van der Waals surface area (Å²) in [4.78, 5) is 34.8. The van der Waals surface area contributed by atoms with Crippen LogP contribution in [0.5, 0.6) is 5.88 Å². The molecule has 36 heavy (non-hydrogen) atoms. The maximum Gasteiger partial charge on any atom is 0.250 e. The molecule has 0 spiro atoms. The minimum atomic E-state index is -0.514. The Kier molecular flexibility index (Phi) is 5.67. The van der Waals surface area contributed by atoms with Crippen LogP contribution in [0.2, 0.25) is 0 Å². The van der Waals surface area contributed by atoms with Gasteiger partial charge in [-0.2, -0.15) is 10.1 Å². The second-order valence-electron chi connectivity index (χ2n) is 9.58. The molecule has 188 valence electrons. The van der Waals surface area contributed by atoms with Crippen LogP contribution in [0.3, 0.4) is 0 Å². The molecule has 3 aromatic rings. The van der Waals surface area contributed by atoms with E-state index in [0.717, 1.165) is 31.2 Å². The second kappa shape index (κ2) is 9.01. The summed E-state index contributed by atoms with van der Waals surface area (Å²) in [5, 5.41) is 4.32. The number of nitrogens with two attached hydrogens (primary N) is 1. The number of hydrogen-bond donors (Lipinski definition) is 1. The standard InChI is InChI=1S/C24H29N9O3/c1-31(21(34)24(3-4-24)33-6-2-5-28-33)17-11-18(12-17)36-20-13-19(16-14-26-22(25)27-15-16)29-23(30-20)32-7-9-35-10-8-32/h2,5-6,13-15,17-18H,3-4,7-12H2,1H3,(H2,25,26,27). The number of ether oxygens (including phenoxy) is 2. The van der Waals surface area contributed by atoms with Crippen molar-refractivity contribution >= 4 is 17.8 Å². The zero-order valence-corrected chi connectivity index (χ0v) is 20.2. The third kappa shape index (κ3) is 4.21. The van der Waals surface area contributed by atoms with E-state index in [4.69, 9.17) is 20.2 Å². The first-order valence-electron chi connectivity index (χ1n) is 12.3. The lowest BCUT2D eigenvalue weighted by molar-refractivity contribution is -0.140. The summed E-state index contributed by atoms with van der Waals surface area (Å²) in [5.74, 6) is 1.40. The lowest BCUT2D eigenvalue weighted by Gasteiger charge is -2.42. The molecule has 6 rings (SSSR count). The van der Waals surface area contributed by atoms with E-state index in [-0.39, 0.29) is 24.0 Å². The number of likely N-dealkylation sites (N-methyl/N-ethyl adjacent to an activating group) is 1. The zero-order valence-electron chi connectivity index (χ0n) is 20.2. The van der Waals surface area contributed by atoms with Gasteiger partial charge in [-0.15, -0.1) is 0 Å². The maximum atomic E-state index is 13.2. The highest BCUT2D eigenvalue weighted by Crippen LogP contribution is 2.45. The molecule has 0 radical (unpaired) electrons. The molecule has 3 aliphatic rings. The van der Waals surface area contributed by atoms with Crippen LogP contribution >= 0.6 is 0 Å². The largest absolute Gasteiger partial charge is 0.474 e. The molecule has 2 aliphatic carbocycles. The SMILES string of the molecule is CN(C(=O)C1(n2cccn2)CC1)C1CC(Oc2cc(-c3cnc(N)nc3)nc(N3CCOCC3)n2)C1. The van der Waals surface area contributed by atoms with Gasteiger partial charge < -0.3 is 25.0 Å². The van der Waals surface area contributed by atoms with Crippen LogP contribution < -0.4 is 15.4 Å². The summed E-state index contributed by atoms with van der Waals surface area (Å²) in [5.41, 5.74) is 6.54. The first-order valence-corrected chi connectivity index (χ1v) is 12.3. The van der Waals surface area contributed by atoms with Crippen LogP contribution in [-0.2, 0) is 15.1 Å². The van der Waals surface area contributed by atoms with Gasteiger partial charge in [0, 0.05) is 75.4 Å². The number of aromatic nitrogens is 6. The lowest BCUT2D eigenvalue weighted by atomic mass is 9.87. The Balaban J connectivity index is 1.15. The van der Waals surface area contributed by atoms with E-state index < -0.39 is 5.54 Å². The highest BCUT2D eigenvalue weighted by Gasteiger charge is 2.55. The van der Waals surface area contributed by atoms with Gasteiger partial charge in [-0.25, -0.2) is 15.0 Å². The summed E-state index contributed by atoms with van der Waals surface area (Å²) in [6, 6.07) is 3.79. The minimum absolute atomic E-state index is 0.0342. The van der Waals surface area contributed by atoms with Gasteiger partial charge in [0.15, 0.2) is 0 Å². The topological polar surface area (TPSA) is 137 Å². The van der Waals surface area contributed by atoms with Gasteiger partial charge in [0.1, 0.15) is 11.6 Å². The number of nitrogen functional groups attached to an aromatic ring is 1. The van der Waals surface area contributed by atoms with E-state index in [1.165, 1.54) is 0 Å². The van der Waals surface area contributed by atoms with Crippen molar-refractivity contribution in [2.45, 2.75) is 43.4 Å². The number of hydrogen-bond acceptors (Lipinski definition) is 10. The van der Waals surface area contributed by atoms with Gasteiger partial charge in [0.2, 0.25) is 17.8 Å². The van der Waals surface area contributed by atoms with Crippen molar-refractivity contribution in [1.29, 1.82) is 0 Å². The highest BCUT2D eigenvalue weighted by atomic mass is 16.5. The number of carbonyl (C=O) groups is 1. The van der Waals surface area contributed by atoms with E-state index >= 15 is 0 Å². The molecule has 3 fully saturated rings. The highest BCUT2D eigenvalue weighted by molar-refractivity contribution is 5.87. The smallest absolute Gasteiger partial charge is 0.250 e. The van der Waals surface area contributed by atoms with Crippen LogP contribution in [-0.4, -0.2) is 86.0 Å². The lowest BCUT2D eigenvalue weighted by Crippen LogP contribution is -2.53. The van der Waals surface area contributed by atoms with E-state index in [0.29, 0.717) is 43.8 Å². The van der Waals surface area contributed by atoms with Gasteiger partial charge in [-0.05, 0) is 18.9 Å². The average Bonchev–Trinajstić information content (AvgIpc) is 3.50. The summed E-state index contributed by atoms with van der Waals surface area (Å²) in [6.07, 6.45) is 9.99. The number of rotatable bonds is 7. The third-order valence-corrected chi connectivity index (χ3v) is 7.24. The van der Waals surface area contributed by atoms with Crippen LogP contribution in [0.25, 0.3) is 11.3 Å². The molecule has 3 aromatic heterocycles. The molecule has 2 N–H and O–H groups in total. The van der Waals surface area contributed by atoms with Gasteiger partial charge in [0.25, 0.3) is 5.91 Å². The average molecular weight is 492 g/mol. The van der Waals surface area contributed by atoms with E-state index in [1.807, 2.05) is 24.2 Å².